The van der Waals surface area contributed by atoms with Crippen molar-refractivity contribution in [3.8, 4) is 0 Å². The first-order chi connectivity index (χ1) is 10.2. The van der Waals surface area contributed by atoms with Gasteiger partial charge in [-0.2, -0.15) is 0 Å². The molecule has 0 radical (unpaired) electrons. The smallest absolute Gasteiger partial charge is 0.123 e. The molecule has 2 aromatic carbocycles. The van der Waals surface area contributed by atoms with Crippen molar-refractivity contribution in [1.82, 2.24) is 4.98 Å². The molecule has 0 bridgehead atoms. The first-order valence-electron chi connectivity index (χ1n) is 6.61. The van der Waals surface area contributed by atoms with Crippen molar-refractivity contribution in [2.24, 2.45) is 5.73 Å². The van der Waals surface area contributed by atoms with Gasteiger partial charge in [0.05, 0.1) is 0 Å². The highest BCUT2D eigenvalue weighted by atomic mass is 79.9. The first kappa shape index (κ1) is 14.6. The van der Waals surface area contributed by atoms with E-state index in [1.54, 1.807) is 17.8 Å². The fourth-order valence-corrected chi connectivity index (χ4v) is 4.12. The zero-order valence-electron chi connectivity index (χ0n) is 11.2. The van der Waals surface area contributed by atoms with Crippen LogP contribution in [0, 0.1) is 5.82 Å². The number of halogens is 2. The highest BCUT2D eigenvalue weighted by Gasteiger charge is 2.11. The van der Waals surface area contributed by atoms with Crippen LogP contribution in [0.15, 0.2) is 56.9 Å². The standard InChI is InChI=1S/C16H14BrFN2S/c17-12-2-1-3-13-16(12)15(9-20-13)21-14-5-4-11(18)8-10(14)6-7-19/h1-5,8-9,20H,6-7,19H2. The second-order valence-electron chi connectivity index (χ2n) is 4.71. The van der Waals surface area contributed by atoms with Crippen molar-refractivity contribution in [3.63, 3.8) is 0 Å². The van der Waals surface area contributed by atoms with Crippen molar-refractivity contribution in [2.75, 3.05) is 6.54 Å². The van der Waals surface area contributed by atoms with Crippen molar-refractivity contribution >= 4 is 38.6 Å². The number of fused-ring (bicyclic) bond motifs is 1. The van der Waals surface area contributed by atoms with Gasteiger partial charge in [-0.25, -0.2) is 4.39 Å². The van der Waals surface area contributed by atoms with Crippen LogP contribution in [0.5, 0.6) is 0 Å². The summed E-state index contributed by atoms with van der Waals surface area (Å²) < 4.78 is 14.5. The van der Waals surface area contributed by atoms with Crippen LogP contribution in [-0.4, -0.2) is 11.5 Å². The number of aromatic amines is 1. The number of H-pyrrole nitrogens is 1. The van der Waals surface area contributed by atoms with Gasteiger partial charge in [-0.05, 0) is 48.9 Å². The lowest BCUT2D eigenvalue weighted by Crippen LogP contribution is -2.04. The SMILES string of the molecule is NCCc1cc(F)ccc1Sc1c[nH]c2cccc(Br)c12. The lowest BCUT2D eigenvalue weighted by molar-refractivity contribution is 0.623. The molecule has 2 nitrogen and oxygen atoms in total. The van der Waals surface area contributed by atoms with E-state index in [2.05, 4.69) is 20.9 Å². The Morgan fingerprint density at radius 2 is 2.05 bits per heavy atom. The Morgan fingerprint density at radius 3 is 2.86 bits per heavy atom. The number of benzene rings is 2. The van der Waals surface area contributed by atoms with Crippen LogP contribution in [-0.2, 0) is 6.42 Å². The minimum absolute atomic E-state index is 0.220. The third-order valence-electron chi connectivity index (χ3n) is 3.27. The summed E-state index contributed by atoms with van der Waals surface area (Å²) in [7, 11) is 0. The Balaban J connectivity index is 2.03. The number of nitrogens with two attached hydrogens (primary N) is 1. The molecule has 0 atom stereocenters. The summed E-state index contributed by atoms with van der Waals surface area (Å²) in [6.07, 6.45) is 2.65. The molecule has 21 heavy (non-hydrogen) atoms. The molecule has 0 fully saturated rings. The van der Waals surface area contributed by atoms with E-state index in [1.807, 2.05) is 30.5 Å². The Kier molecular flexibility index (Phi) is 4.33. The largest absolute Gasteiger partial charge is 0.360 e. The van der Waals surface area contributed by atoms with Gasteiger partial charge in [0, 0.05) is 31.4 Å². The topological polar surface area (TPSA) is 41.8 Å². The molecule has 0 unspecified atom stereocenters. The van der Waals surface area contributed by atoms with Gasteiger partial charge in [0.2, 0.25) is 0 Å². The predicted molar refractivity (Wildman–Crippen MR) is 89.3 cm³/mol. The summed E-state index contributed by atoms with van der Waals surface area (Å²) in [4.78, 5) is 5.42. The van der Waals surface area contributed by atoms with E-state index in [1.165, 1.54) is 6.07 Å². The van der Waals surface area contributed by atoms with Crippen LogP contribution in [0.2, 0.25) is 0 Å². The van der Waals surface area contributed by atoms with Gasteiger partial charge in [0.25, 0.3) is 0 Å². The fourth-order valence-electron chi connectivity index (χ4n) is 2.31. The van der Waals surface area contributed by atoms with Crippen LogP contribution >= 0.6 is 27.7 Å². The average Bonchev–Trinajstić information content (AvgIpc) is 2.87. The van der Waals surface area contributed by atoms with Crippen molar-refractivity contribution in [2.45, 2.75) is 16.2 Å². The molecular formula is C16H14BrFN2S. The Hall–Kier alpha value is -1.30. The quantitative estimate of drug-likeness (QED) is 0.702. The van der Waals surface area contributed by atoms with E-state index in [0.717, 1.165) is 30.7 Å². The van der Waals surface area contributed by atoms with E-state index >= 15 is 0 Å². The van der Waals surface area contributed by atoms with Gasteiger partial charge >= 0.3 is 0 Å². The summed E-state index contributed by atoms with van der Waals surface area (Å²) in [5.74, 6) is -0.220. The molecule has 0 spiro atoms. The monoisotopic (exact) mass is 364 g/mol. The molecule has 0 aliphatic carbocycles. The molecule has 0 amide bonds. The minimum Gasteiger partial charge on any atom is -0.360 e. The van der Waals surface area contributed by atoms with E-state index < -0.39 is 0 Å². The van der Waals surface area contributed by atoms with Crippen molar-refractivity contribution in [1.29, 1.82) is 0 Å². The molecule has 1 aromatic heterocycles. The Morgan fingerprint density at radius 1 is 1.19 bits per heavy atom. The molecular weight excluding hydrogens is 351 g/mol. The summed E-state index contributed by atoms with van der Waals surface area (Å²) >= 11 is 5.22. The average molecular weight is 365 g/mol. The van der Waals surface area contributed by atoms with Gasteiger partial charge < -0.3 is 10.7 Å². The second-order valence-corrected chi connectivity index (χ2v) is 6.65. The van der Waals surface area contributed by atoms with Gasteiger partial charge in [0.15, 0.2) is 0 Å². The van der Waals surface area contributed by atoms with E-state index in [-0.39, 0.29) is 5.82 Å². The predicted octanol–water partition coefficient (Wildman–Crippen LogP) is 4.72. The number of hydrogen-bond donors (Lipinski definition) is 2. The van der Waals surface area contributed by atoms with E-state index in [4.69, 9.17) is 5.73 Å². The lowest BCUT2D eigenvalue weighted by Gasteiger charge is -2.08. The van der Waals surface area contributed by atoms with Gasteiger partial charge in [-0.1, -0.05) is 33.8 Å². The number of rotatable bonds is 4. The Labute approximate surface area is 135 Å². The van der Waals surface area contributed by atoms with Crippen LogP contribution in [0.25, 0.3) is 10.9 Å². The molecule has 0 aliphatic heterocycles. The molecule has 3 N–H and O–H groups in total. The third-order valence-corrected chi connectivity index (χ3v) is 5.10. The normalized spacial score (nSPS) is 11.2. The van der Waals surface area contributed by atoms with Gasteiger partial charge in [0.1, 0.15) is 5.82 Å². The first-order valence-corrected chi connectivity index (χ1v) is 8.22. The van der Waals surface area contributed by atoms with Gasteiger partial charge in [-0.15, -0.1) is 0 Å². The summed E-state index contributed by atoms with van der Waals surface area (Å²) in [6, 6.07) is 10.9. The summed E-state index contributed by atoms with van der Waals surface area (Å²) in [6.45, 7) is 0.509. The second kappa shape index (κ2) is 6.22. The maximum Gasteiger partial charge on any atom is 0.123 e. The maximum absolute atomic E-state index is 13.4. The number of aromatic nitrogens is 1. The van der Waals surface area contributed by atoms with Crippen molar-refractivity contribution < 1.29 is 4.39 Å². The Bertz CT molecular complexity index is 785. The highest BCUT2D eigenvalue weighted by Crippen LogP contribution is 2.38. The highest BCUT2D eigenvalue weighted by molar-refractivity contribution is 9.10. The molecule has 1 heterocycles. The van der Waals surface area contributed by atoms with Crippen LogP contribution in [0.3, 0.4) is 0 Å². The van der Waals surface area contributed by atoms with Gasteiger partial charge in [-0.3, -0.25) is 0 Å². The molecule has 3 aromatic rings. The molecule has 0 aliphatic rings. The van der Waals surface area contributed by atoms with E-state index in [9.17, 15) is 4.39 Å². The van der Waals surface area contributed by atoms with Crippen LogP contribution in [0.1, 0.15) is 5.56 Å². The van der Waals surface area contributed by atoms with E-state index in [0.29, 0.717) is 13.0 Å². The number of hydrogen-bond acceptors (Lipinski definition) is 2. The molecule has 108 valence electrons. The fraction of sp³-hybridized carbons (Fsp3) is 0.125. The molecule has 0 saturated heterocycles. The lowest BCUT2D eigenvalue weighted by atomic mass is 10.1. The molecule has 0 saturated carbocycles. The van der Waals surface area contributed by atoms with Crippen LogP contribution in [0.4, 0.5) is 4.39 Å². The minimum atomic E-state index is -0.220. The number of nitrogens with one attached hydrogen (secondary N) is 1. The third kappa shape index (κ3) is 3.00. The summed E-state index contributed by atoms with van der Waals surface area (Å²) in [5, 5.41) is 1.14. The molecule has 3 rings (SSSR count). The zero-order valence-corrected chi connectivity index (χ0v) is 13.6. The molecule has 5 heteroatoms. The maximum atomic E-state index is 13.4. The zero-order chi connectivity index (χ0) is 14.8. The summed E-state index contributed by atoms with van der Waals surface area (Å²) in [5.41, 5.74) is 7.65. The van der Waals surface area contributed by atoms with Crippen molar-refractivity contribution in [3.05, 3.63) is 58.4 Å². The van der Waals surface area contributed by atoms with Crippen LogP contribution < -0.4 is 5.73 Å².